The van der Waals surface area contributed by atoms with E-state index in [9.17, 15) is 16.8 Å². The summed E-state index contributed by atoms with van der Waals surface area (Å²) in [6, 6.07) is 17.3. The van der Waals surface area contributed by atoms with Crippen LogP contribution in [0.25, 0.3) is 44.2 Å². The van der Waals surface area contributed by atoms with Crippen LogP contribution in [0, 0.1) is 0 Å². The smallest absolute Gasteiger partial charge is 0.261 e. The summed E-state index contributed by atoms with van der Waals surface area (Å²) < 4.78 is 52.2. The minimum atomic E-state index is -3.67. The van der Waals surface area contributed by atoms with Crippen molar-refractivity contribution >= 4 is 48.3 Å². The third kappa shape index (κ3) is 5.91. The average molecular weight is 560 g/mol. The van der Waals surface area contributed by atoms with Crippen LogP contribution in [0.4, 0.5) is 5.95 Å². The average Bonchev–Trinajstić information content (AvgIpc) is 3.56. The van der Waals surface area contributed by atoms with Gasteiger partial charge in [0.1, 0.15) is 11.3 Å². The van der Waals surface area contributed by atoms with Crippen molar-refractivity contribution in [2.24, 2.45) is 0 Å². The first-order chi connectivity index (χ1) is 17.3. The molecule has 0 saturated carbocycles. The van der Waals surface area contributed by atoms with E-state index >= 15 is 0 Å². The zero-order valence-electron chi connectivity index (χ0n) is 20.1. The maximum atomic E-state index is 13.2. The normalized spacial score (nSPS) is 12.0. The lowest BCUT2D eigenvalue weighted by Gasteiger charge is -2.11. The fraction of sp³-hybridized carbons (Fsp3) is 0.167. The summed E-state index contributed by atoms with van der Waals surface area (Å²) in [5.41, 5.74) is 9.87. The van der Waals surface area contributed by atoms with Gasteiger partial charge in [-0.3, -0.25) is 4.55 Å². The third-order valence-corrected chi connectivity index (χ3v) is 8.33. The molecule has 0 aliphatic carbocycles. The Hall–Kier alpha value is -3.52. The third-order valence-electron chi connectivity index (χ3n) is 5.29. The molecule has 194 valence electrons. The summed E-state index contributed by atoms with van der Waals surface area (Å²) in [4.78, 5) is 16.7. The molecule has 3 heterocycles. The van der Waals surface area contributed by atoms with Gasteiger partial charge in [0.05, 0.1) is 38.2 Å². The highest BCUT2D eigenvalue weighted by atomic mass is 32.2. The lowest BCUT2D eigenvalue weighted by molar-refractivity contribution is 0.490. The van der Waals surface area contributed by atoms with E-state index in [-0.39, 0.29) is 10.8 Å². The number of hydrogen-bond acceptors (Lipinski definition) is 8. The lowest BCUT2D eigenvalue weighted by atomic mass is 10.0. The van der Waals surface area contributed by atoms with Crippen LogP contribution in [0.2, 0.25) is 0 Å². The first-order valence-electron chi connectivity index (χ1n) is 11.0. The maximum Gasteiger partial charge on any atom is 0.261 e. The predicted molar refractivity (Wildman–Crippen MR) is 147 cm³/mol. The molecule has 10 nitrogen and oxygen atoms in total. The van der Waals surface area contributed by atoms with Gasteiger partial charge in [-0.1, -0.05) is 36.4 Å². The van der Waals surface area contributed by atoms with Gasteiger partial charge in [-0.25, -0.2) is 18.4 Å². The number of H-pyrrole nitrogens is 2. The van der Waals surface area contributed by atoms with Gasteiger partial charge in [-0.2, -0.15) is 8.42 Å². The summed E-state index contributed by atoms with van der Waals surface area (Å²) in [7, 11) is -7.28. The van der Waals surface area contributed by atoms with Crippen LogP contribution in [0.5, 0.6) is 0 Å². The van der Waals surface area contributed by atoms with Gasteiger partial charge in [-0.05, 0) is 37.4 Å². The highest BCUT2D eigenvalue weighted by Gasteiger charge is 2.26. The van der Waals surface area contributed by atoms with Gasteiger partial charge in [0.15, 0.2) is 15.8 Å². The molecule has 0 radical (unpaired) electrons. The Labute approximate surface area is 218 Å². The molecule has 37 heavy (non-hydrogen) atoms. The molecule has 0 aliphatic heterocycles. The van der Waals surface area contributed by atoms with Crippen molar-refractivity contribution in [3.05, 3.63) is 60.0 Å². The molecule has 5 N–H and O–H groups in total. The molecule has 3 aromatic heterocycles. The summed E-state index contributed by atoms with van der Waals surface area (Å²) in [5.74, 6) is 0.897. The maximum absolute atomic E-state index is 13.2. The van der Waals surface area contributed by atoms with E-state index in [0.29, 0.717) is 28.5 Å². The van der Waals surface area contributed by atoms with Crippen molar-refractivity contribution in [1.29, 1.82) is 0 Å². The molecule has 2 aromatic carbocycles. The summed E-state index contributed by atoms with van der Waals surface area (Å²) in [6.07, 6.45) is 0.715. The van der Waals surface area contributed by atoms with Gasteiger partial charge in [0, 0.05) is 11.1 Å². The standard InChI is InChI=1S/C23H21N5O2S2.CH4O3S/c1-13(2)32(29,30)18-12-15(11-16-21(18)28-23(24)25-16)20-19(14-7-4-3-5-8-14)26-22(27-20)17-9-6-10-31-17;1-5(2,3)4/h3-13H,1-2H3,(H,26,27)(H3,24,25,28);1H3,(H,2,3,4). The molecule has 0 unspecified atom stereocenters. The van der Waals surface area contributed by atoms with Crippen molar-refractivity contribution in [2.45, 2.75) is 24.0 Å². The van der Waals surface area contributed by atoms with Crippen molar-refractivity contribution in [2.75, 3.05) is 12.0 Å². The number of nitrogens with two attached hydrogens (primary N) is 1. The fourth-order valence-corrected chi connectivity index (χ4v) is 5.53. The Kier molecular flexibility index (Phi) is 7.24. The highest BCUT2D eigenvalue weighted by molar-refractivity contribution is 7.92. The van der Waals surface area contributed by atoms with Crippen LogP contribution in [0.1, 0.15) is 13.8 Å². The predicted octanol–water partition coefficient (Wildman–Crippen LogP) is 4.62. The number of anilines is 1. The van der Waals surface area contributed by atoms with Crippen molar-refractivity contribution in [3.8, 4) is 33.2 Å². The van der Waals surface area contributed by atoms with Crippen LogP contribution in [0.15, 0.2) is 64.9 Å². The second-order valence-electron chi connectivity index (χ2n) is 8.47. The topological polar surface area (TPSA) is 172 Å². The Morgan fingerprint density at radius 3 is 2.22 bits per heavy atom. The lowest BCUT2D eigenvalue weighted by Crippen LogP contribution is -2.14. The van der Waals surface area contributed by atoms with Crippen LogP contribution >= 0.6 is 11.3 Å². The van der Waals surface area contributed by atoms with E-state index < -0.39 is 25.2 Å². The highest BCUT2D eigenvalue weighted by Crippen LogP contribution is 2.37. The zero-order chi connectivity index (χ0) is 27.0. The Morgan fingerprint density at radius 1 is 0.946 bits per heavy atom. The van der Waals surface area contributed by atoms with Gasteiger partial charge in [0.25, 0.3) is 10.1 Å². The number of nitrogens with zero attached hydrogens (tertiary/aromatic N) is 2. The molecule has 13 heteroatoms. The molecule has 0 aliphatic rings. The van der Waals surface area contributed by atoms with E-state index in [2.05, 4.69) is 15.0 Å². The minimum Gasteiger partial charge on any atom is -0.369 e. The van der Waals surface area contributed by atoms with Gasteiger partial charge in [-0.15, -0.1) is 11.3 Å². The van der Waals surface area contributed by atoms with E-state index in [4.69, 9.17) is 15.3 Å². The number of hydrogen-bond donors (Lipinski definition) is 4. The molecule has 0 spiro atoms. The van der Waals surface area contributed by atoms with Crippen molar-refractivity contribution in [3.63, 3.8) is 0 Å². The quantitative estimate of drug-likeness (QED) is 0.226. The number of aromatic nitrogens is 4. The fourth-order valence-electron chi connectivity index (χ4n) is 3.64. The number of imidazole rings is 2. The monoisotopic (exact) mass is 559 g/mol. The Morgan fingerprint density at radius 2 is 1.62 bits per heavy atom. The summed E-state index contributed by atoms with van der Waals surface area (Å²) >= 11 is 1.58. The van der Waals surface area contributed by atoms with Gasteiger partial charge in [0.2, 0.25) is 0 Å². The van der Waals surface area contributed by atoms with E-state index in [1.54, 1.807) is 31.3 Å². The van der Waals surface area contributed by atoms with Gasteiger partial charge >= 0.3 is 0 Å². The number of nitrogen functional groups attached to an aromatic ring is 1. The number of aromatic amines is 2. The molecular weight excluding hydrogens is 534 g/mol. The first-order valence-corrected chi connectivity index (χ1v) is 15.3. The molecule has 0 saturated heterocycles. The summed E-state index contributed by atoms with van der Waals surface area (Å²) in [5, 5.41) is 1.39. The zero-order valence-corrected chi connectivity index (χ0v) is 22.6. The van der Waals surface area contributed by atoms with Crippen LogP contribution in [-0.2, 0) is 20.0 Å². The number of sulfone groups is 1. The van der Waals surface area contributed by atoms with Gasteiger partial charge < -0.3 is 15.7 Å². The van der Waals surface area contributed by atoms with E-state index in [1.165, 1.54) is 0 Å². The molecule has 0 atom stereocenters. The Balaban J connectivity index is 0.000000586. The number of thiophene rings is 1. The van der Waals surface area contributed by atoms with Crippen molar-refractivity contribution in [1.82, 2.24) is 19.9 Å². The Bertz CT molecular complexity index is 1750. The molecule has 0 fully saturated rings. The van der Waals surface area contributed by atoms with Crippen LogP contribution in [0.3, 0.4) is 0 Å². The number of fused-ring (bicyclic) bond motifs is 1. The molecule has 0 amide bonds. The number of benzene rings is 2. The minimum absolute atomic E-state index is 0.146. The molecule has 5 aromatic rings. The molecule has 5 rings (SSSR count). The number of nitrogens with one attached hydrogen (secondary N) is 2. The number of rotatable bonds is 5. The summed E-state index contributed by atoms with van der Waals surface area (Å²) in [6.45, 7) is 3.31. The largest absolute Gasteiger partial charge is 0.369 e. The molecular formula is C24H25N5O5S3. The van der Waals surface area contributed by atoms with E-state index in [1.807, 2.05) is 53.9 Å². The second kappa shape index (κ2) is 10.1. The molecule has 0 bridgehead atoms. The second-order valence-corrected chi connectivity index (χ2v) is 13.4. The first kappa shape index (κ1) is 26.5. The van der Waals surface area contributed by atoms with E-state index in [0.717, 1.165) is 22.0 Å². The van der Waals surface area contributed by atoms with Crippen LogP contribution in [-0.4, -0.2) is 52.8 Å². The van der Waals surface area contributed by atoms with Crippen molar-refractivity contribution < 1.29 is 21.4 Å². The SMILES string of the molecule is CC(C)S(=O)(=O)c1cc(-c2nc(-c3cccs3)[nH]c2-c2ccccc2)cc2[nH]c(N)nc12.CS(=O)(=O)O. The van der Waals surface area contributed by atoms with Crippen LogP contribution < -0.4 is 5.73 Å².